The summed E-state index contributed by atoms with van der Waals surface area (Å²) in [6.07, 6.45) is 13.3. The molecule has 2 aromatic rings. The van der Waals surface area contributed by atoms with E-state index in [4.69, 9.17) is 14.5 Å². The summed E-state index contributed by atoms with van der Waals surface area (Å²) in [6, 6.07) is 6.06. The van der Waals surface area contributed by atoms with Crippen LogP contribution in [0.1, 0.15) is 127 Å². The van der Waals surface area contributed by atoms with Crippen molar-refractivity contribution in [3.05, 3.63) is 47.7 Å². The van der Waals surface area contributed by atoms with Crippen LogP contribution in [0.25, 0.3) is 10.9 Å². The van der Waals surface area contributed by atoms with Crippen LogP contribution in [-0.2, 0) is 35.6 Å². The number of nitrogens with one attached hydrogen (secondary N) is 3. The lowest BCUT2D eigenvalue weighted by molar-refractivity contribution is -0.144. The van der Waals surface area contributed by atoms with Crippen molar-refractivity contribution in [1.29, 1.82) is 0 Å². The summed E-state index contributed by atoms with van der Waals surface area (Å²) in [4.78, 5) is 63.8. The molecule has 4 aliphatic carbocycles. The molecular formula is C42H53N5O8S. The molecule has 13 nitrogen and oxygen atoms in total. The van der Waals surface area contributed by atoms with Gasteiger partial charge >= 0.3 is 6.09 Å². The van der Waals surface area contributed by atoms with Gasteiger partial charge in [0, 0.05) is 29.2 Å². The molecular weight excluding hydrogens is 735 g/mol. The summed E-state index contributed by atoms with van der Waals surface area (Å²) < 4.78 is 40.8. The molecule has 9 rings (SSSR count). The number of fused-ring (bicyclic) bond motifs is 5. The molecule has 1 aromatic heterocycles. The van der Waals surface area contributed by atoms with E-state index >= 15 is 0 Å². The van der Waals surface area contributed by atoms with Crippen LogP contribution in [0.3, 0.4) is 0 Å². The smallest absolute Gasteiger partial charge is 0.408 e. The van der Waals surface area contributed by atoms with Crippen molar-refractivity contribution in [3.63, 3.8) is 0 Å². The molecule has 300 valence electrons. The zero-order chi connectivity index (χ0) is 39.1. The Morgan fingerprint density at radius 3 is 2.48 bits per heavy atom. The monoisotopic (exact) mass is 787 g/mol. The highest BCUT2D eigenvalue weighted by atomic mass is 32.2. The van der Waals surface area contributed by atoms with Crippen molar-refractivity contribution in [2.75, 3.05) is 6.54 Å². The van der Waals surface area contributed by atoms with Gasteiger partial charge in [-0.1, -0.05) is 43.2 Å². The Kier molecular flexibility index (Phi) is 8.98. The number of carbonyl (C=O) groups is 4. The molecule has 5 unspecified atom stereocenters. The van der Waals surface area contributed by atoms with E-state index in [1.807, 2.05) is 37.3 Å². The first-order chi connectivity index (χ1) is 26.7. The highest BCUT2D eigenvalue weighted by Gasteiger charge is 2.60. The lowest BCUT2D eigenvalue weighted by atomic mass is 9.65. The van der Waals surface area contributed by atoms with E-state index in [2.05, 4.69) is 21.4 Å². The van der Waals surface area contributed by atoms with Crippen molar-refractivity contribution >= 4 is 44.7 Å². The van der Waals surface area contributed by atoms with Gasteiger partial charge in [-0.2, -0.15) is 0 Å². The van der Waals surface area contributed by atoms with E-state index in [9.17, 15) is 27.6 Å². The number of hydrogen-bond acceptors (Lipinski definition) is 9. The predicted octanol–water partition coefficient (Wildman–Crippen LogP) is 5.21. The van der Waals surface area contributed by atoms with E-state index in [0.29, 0.717) is 51.4 Å². The second-order valence-corrected chi connectivity index (χ2v) is 20.4. The van der Waals surface area contributed by atoms with Crippen molar-refractivity contribution in [3.8, 4) is 5.75 Å². The molecule has 56 heavy (non-hydrogen) atoms. The predicted molar refractivity (Wildman–Crippen MR) is 207 cm³/mol. The maximum absolute atomic E-state index is 14.9. The third-order valence-corrected chi connectivity index (χ3v) is 15.9. The summed E-state index contributed by atoms with van der Waals surface area (Å²) in [7, 11) is -3.99. The quantitative estimate of drug-likeness (QED) is 0.333. The molecule has 5 fully saturated rings. The van der Waals surface area contributed by atoms with Crippen LogP contribution in [0, 0.1) is 5.92 Å². The van der Waals surface area contributed by atoms with E-state index in [1.54, 1.807) is 6.92 Å². The number of aryl methyl sites for hydroxylation is 1. The molecule has 0 bridgehead atoms. The molecule has 1 aromatic carbocycles. The first kappa shape index (κ1) is 37.4. The molecule has 5 atom stereocenters. The zero-order valence-electron chi connectivity index (χ0n) is 32.4. The Bertz CT molecular complexity index is 2130. The van der Waals surface area contributed by atoms with E-state index < -0.39 is 73.3 Å². The van der Waals surface area contributed by atoms with Gasteiger partial charge in [-0.3, -0.25) is 19.1 Å². The maximum Gasteiger partial charge on any atom is 0.408 e. The molecule has 7 aliphatic rings. The zero-order valence-corrected chi connectivity index (χ0v) is 33.2. The summed E-state index contributed by atoms with van der Waals surface area (Å²) in [5.74, 6) is -1.11. The lowest BCUT2D eigenvalue weighted by Crippen LogP contribution is -2.70. The number of alkyl carbamates (subject to hydrolysis) is 1. The Morgan fingerprint density at radius 1 is 0.982 bits per heavy atom. The Labute approximate surface area is 328 Å². The van der Waals surface area contributed by atoms with Gasteiger partial charge in [0.15, 0.2) is 0 Å². The minimum absolute atomic E-state index is 0.0977. The fourth-order valence-corrected chi connectivity index (χ4v) is 10.5. The molecule has 4 saturated carbocycles. The van der Waals surface area contributed by atoms with Gasteiger partial charge in [-0.05, 0) is 103 Å². The van der Waals surface area contributed by atoms with Crippen LogP contribution in [0.15, 0.2) is 36.4 Å². The number of benzene rings is 1. The molecule has 1 saturated heterocycles. The number of para-hydroxylation sites is 1. The summed E-state index contributed by atoms with van der Waals surface area (Å²) >= 11 is 0. The van der Waals surface area contributed by atoms with Gasteiger partial charge in [0.25, 0.3) is 5.91 Å². The number of sulfonamides is 1. The topological polar surface area (TPSA) is 173 Å². The number of carbonyl (C=O) groups excluding carboxylic acids is 4. The Morgan fingerprint density at radius 2 is 1.77 bits per heavy atom. The van der Waals surface area contributed by atoms with Gasteiger partial charge in [0.1, 0.15) is 34.6 Å². The minimum Gasteiger partial charge on any atom is -0.483 e. The summed E-state index contributed by atoms with van der Waals surface area (Å²) in [5, 5.41) is 6.94. The average Bonchev–Trinajstić information content (AvgIpc) is 4.10. The average molecular weight is 788 g/mol. The van der Waals surface area contributed by atoms with Crippen molar-refractivity contribution in [2.24, 2.45) is 5.92 Å². The van der Waals surface area contributed by atoms with Crippen LogP contribution in [0.4, 0.5) is 4.79 Å². The highest BCUT2D eigenvalue weighted by Crippen LogP contribution is 2.51. The molecule has 0 radical (unpaired) electrons. The van der Waals surface area contributed by atoms with Crippen molar-refractivity contribution in [1.82, 2.24) is 25.2 Å². The second kappa shape index (κ2) is 13.4. The van der Waals surface area contributed by atoms with E-state index in [1.165, 1.54) is 4.90 Å². The number of aromatic nitrogens is 1. The number of ether oxygens (including phenoxy) is 2. The second-order valence-electron chi connectivity index (χ2n) is 18.2. The maximum atomic E-state index is 14.9. The van der Waals surface area contributed by atoms with Gasteiger partial charge in [0.2, 0.25) is 21.8 Å². The van der Waals surface area contributed by atoms with Crippen LogP contribution in [0.2, 0.25) is 0 Å². The first-order valence-electron chi connectivity index (χ1n) is 20.7. The molecule has 4 heterocycles. The Balaban J connectivity index is 1.07. The minimum atomic E-state index is -3.99. The van der Waals surface area contributed by atoms with Gasteiger partial charge < -0.3 is 25.0 Å². The molecule has 4 amide bonds. The third kappa shape index (κ3) is 6.72. The van der Waals surface area contributed by atoms with Gasteiger partial charge in [-0.25, -0.2) is 18.2 Å². The lowest BCUT2D eigenvalue weighted by Gasteiger charge is -2.48. The van der Waals surface area contributed by atoms with E-state index in [0.717, 1.165) is 66.4 Å². The fourth-order valence-electron chi connectivity index (χ4n) is 9.19. The normalized spacial score (nSPS) is 32.0. The number of allylic oxidation sites excluding steroid dienone is 1. The third-order valence-electron chi connectivity index (χ3n) is 13.8. The SMILES string of the molecule is CC1(OC(=O)NC2CCCCCC=CC3CCC3(C(=O)NS(=O)(=O)C3(C)CC3)NC(=O)C3CC4(CCc5c(c(C6CC6)nc6ccccc56)O4)CN3C2=O)CC1. The summed E-state index contributed by atoms with van der Waals surface area (Å²) in [5.41, 5.74) is -0.0658. The van der Waals surface area contributed by atoms with Crippen LogP contribution in [-0.4, -0.2) is 82.2 Å². The Hall–Kier alpha value is -4.20. The number of rotatable bonds is 6. The number of amides is 4. The van der Waals surface area contributed by atoms with Crippen LogP contribution >= 0.6 is 0 Å². The van der Waals surface area contributed by atoms with Crippen molar-refractivity contribution < 1.29 is 37.1 Å². The van der Waals surface area contributed by atoms with Crippen molar-refractivity contribution in [2.45, 2.75) is 156 Å². The molecule has 1 spiro atoms. The largest absolute Gasteiger partial charge is 0.483 e. The standard InChI is InChI=1S/C42H53N5O8S/c1-39(20-21-39)55-38(51)44-31-13-7-5-3-4-6-10-27-16-19-42(27,37(50)46-56(52,53)40(2)22-23-40)45-35(48)32-24-41(25-47(32)36(31)49)18-17-29-28-11-8-9-12-30(28)43-33(26-14-15-26)34(29)54-41/h6,8-12,26-27,31-32H,3-5,7,13-25H2,1-2H3,(H,44,51)(H,45,48)(H,46,50). The number of hydrogen-bond donors (Lipinski definition) is 3. The van der Waals surface area contributed by atoms with Gasteiger partial charge in [-0.15, -0.1) is 0 Å². The summed E-state index contributed by atoms with van der Waals surface area (Å²) in [6.45, 7) is 3.58. The first-order valence-corrected chi connectivity index (χ1v) is 22.2. The highest BCUT2D eigenvalue weighted by molar-refractivity contribution is 7.91. The van der Waals surface area contributed by atoms with E-state index in [-0.39, 0.29) is 25.3 Å². The van der Waals surface area contributed by atoms with Crippen LogP contribution < -0.4 is 20.1 Å². The van der Waals surface area contributed by atoms with Gasteiger partial charge in [0.05, 0.1) is 22.5 Å². The number of nitrogens with zero attached hydrogens (tertiary/aromatic N) is 2. The number of pyridine rings is 1. The molecule has 3 aliphatic heterocycles. The van der Waals surface area contributed by atoms with Crippen LogP contribution in [0.5, 0.6) is 5.75 Å². The molecule has 14 heteroatoms. The fraction of sp³-hybridized carbons (Fsp3) is 0.643. The molecule has 3 N–H and O–H groups in total.